The van der Waals surface area contributed by atoms with Crippen molar-refractivity contribution in [2.24, 2.45) is 0 Å². The SMILES string of the molecule is Cc1nc([C@@H]2CCCN(c3ncc(C#N)c(N)n3)C2)n[nH]1. The average molecular weight is 284 g/mol. The number of hydrogen-bond donors (Lipinski definition) is 2. The number of hydrogen-bond acceptors (Lipinski definition) is 7. The molecule has 0 radical (unpaired) electrons. The molecule has 1 aliphatic rings. The van der Waals surface area contributed by atoms with Crippen LogP contribution in [0.2, 0.25) is 0 Å². The van der Waals surface area contributed by atoms with Gasteiger partial charge >= 0.3 is 0 Å². The zero-order valence-corrected chi connectivity index (χ0v) is 11.7. The molecule has 1 atom stereocenters. The first-order chi connectivity index (χ1) is 10.2. The minimum absolute atomic E-state index is 0.221. The summed E-state index contributed by atoms with van der Waals surface area (Å²) >= 11 is 0. The minimum Gasteiger partial charge on any atom is -0.382 e. The average Bonchev–Trinajstić information content (AvgIpc) is 2.94. The van der Waals surface area contributed by atoms with Crippen molar-refractivity contribution in [1.29, 1.82) is 5.26 Å². The molecule has 0 aliphatic carbocycles. The Labute approximate surface area is 122 Å². The molecular formula is C13H16N8. The highest BCUT2D eigenvalue weighted by Gasteiger charge is 2.26. The van der Waals surface area contributed by atoms with E-state index in [4.69, 9.17) is 11.0 Å². The summed E-state index contributed by atoms with van der Waals surface area (Å²) in [6.07, 6.45) is 3.53. The number of H-pyrrole nitrogens is 1. The summed E-state index contributed by atoms with van der Waals surface area (Å²) in [5, 5.41) is 16.0. The van der Waals surface area contributed by atoms with E-state index in [2.05, 4.69) is 30.0 Å². The quantitative estimate of drug-likeness (QED) is 0.834. The highest BCUT2D eigenvalue weighted by atomic mass is 15.3. The molecule has 2 aromatic rings. The van der Waals surface area contributed by atoms with Gasteiger partial charge in [0.05, 0.1) is 6.20 Å². The van der Waals surface area contributed by atoms with E-state index in [1.165, 1.54) is 6.20 Å². The molecule has 0 saturated carbocycles. The molecule has 2 aromatic heterocycles. The highest BCUT2D eigenvalue weighted by molar-refractivity contribution is 5.50. The lowest BCUT2D eigenvalue weighted by Crippen LogP contribution is -2.36. The first kappa shape index (κ1) is 13.3. The maximum Gasteiger partial charge on any atom is 0.227 e. The van der Waals surface area contributed by atoms with Crippen LogP contribution in [0.3, 0.4) is 0 Å². The summed E-state index contributed by atoms with van der Waals surface area (Å²) in [7, 11) is 0. The molecule has 0 spiro atoms. The fourth-order valence-corrected chi connectivity index (χ4v) is 2.54. The zero-order valence-electron chi connectivity index (χ0n) is 11.7. The number of anilines is 2. The number of nitrogens with one attached hydrogen (secondary N) is 1. The number of nitriles is 1. The van der Waals surface area contributed by atoms with Gasteiger partial charge in [-0.2, -0.15) is 15.3 Å². The van der Waals surface area contributed by atoms with Gasteiger partial charge in [0, 0.05) is 19.0 Å². The van der Waals surface area contributed by atoms with Crippen molar-refractivity contribution in [3.8, 4) is 6.07 Å². The van der Waals surface area contributed by atoms with Crippen molar-refractivity contribution in [3.05, 3.63) is 23.4 Å². The number of rotatable bonds is 2. The van der Waals surface area contributed by atoms with Crippen LogP contribution < -0.4 is 10.6 Å². The number of aromatic nitrogens is 5. The number of aromatic amines is 1. The van der Waals surface area contributed by atoms with Crippen LogP contribution in [0.1, 0.15) is 36.0 Å². The molecular weight excluding hydrogens is 268 g/mol. The second-order valence-electron chi connectivity index (χ2n) is 5.14. The second kappa shape index (κ2) is 5.36. The van der Waals surface area contributed by atoms with Crippen LogP contribution in [0, 0.1) is 18.3 Å². The molecule has 0 aromatic carbocycles. The number of nitrogens with two attached hydrogens (primary N) is 1. The molecule has 3 heterocycles. The van der Waals surface area contributed by atoms with Crippen molar-refractivity contribution < 1.29 is 0 Å². The Morgan fingerprint density at radius 2 is 2.33 bits per heavy atom. The van der Waals surface area contributed by atoms with Crippen molar-refractivity contribution in [3.63, 3.8) is 0 Å². The third-order valence-electron chi connectivity index (χ3n) is 3.61. The Kier molecular flexibility index (Phi) is 3.39. The largest absolute Gasteiger partial charge is 0.382 e. The third kappa shape index (κ3) is 2.63. The second-order valence-corrected chi connectivity index (χ2v) is 5.14. The van der Waals surface area contributed by atoms with Crippen LogP contribution in [-0.4, -0.2) is 38.2 Å². The maximum atomic E-state index is 8.87. The van der Waals surface area contributed by atoms with Gasteiger partial charge in [0.2, 0.25) is 5.95 Å². The summed E-state index contributed by atoms with van der Waals surface area (Å²) in [6.45, 7) is 3.51. The van der Waals surface area contributed by atoms with Crippen LogP contribution in [0.4, 0.5) is 11.8 Å². The third-order valence-corrected chi connectivity index (χ3v) is 3.61. The fourth-order valence-electron chi connectivity index (χ4n) is 2.54. The smallest absolute Gasteiger partial charge is 0.227 e. The monoisotopic (exact) mass is 284 g/mol. The molecule has 3 rings (SSSR count). The normalized spacial score (nSPS) is 18.5. The number of aryl methyl sites for hydroxylation is 1. The van der Waals surface area contributed by atoms with Crippen LogP contribution >= 0.6 is 0 Å². The van der Waals surface area contributed by atoms with E-state index >= 15 is 0 Å². The topological polar surface area (TPSA) is 120 Å². The summed E-state index contributed by atoms with van der Waals surface area (Å²) in [5.41, 5.74) is 6.06. The Balaban J connectivity index is 1.80. The van der Waals surface area contributed by atoms with Gasteiger partial charge in [-0.25, -0.2) is 9.97 Å². The highest BCUT2D eigenvalue weighted by Crippen LogP contribution is 2.27. The molecule has 8 nitrogen and oxygen atoms in total. The van der Waals surface area contributed by atoms with Gasteiger partial charge in [0.15, 0.2) is 5.82 Å². The van der Waals surface area contributed by atoms with Gasteiger partial charge in [-0.15, -0.1) is 0 Å². The standard InChI is InChI=1S/C13H16N8/c1-8-17-12(20-19-8)9-3-2-4-21(7-9)13-16-6-10(5-14)11(15)18-13/h6,9H,2-4,7H2,1H3,(H2,15,16,18)(H,17,19,20)/t9-/m1/s1. The van der Waals surface area contributed by atoms with Gasteiger partial charge in [-0.05, 0) is 19.8 Å². The lowest BCUT2D eigenvalue weighted by molar-refractivity contribution is 0.486. The molecule has 3 N–H and O–H groups in total. The van der Waals surface area contributed by atoms with Crippen molar-refractivity contribution in [2.45, 2.75) is 25.7 Å². The van der Waals surface area contributed by atoms with Crippen LogP contribution in [0.15, 0.2) is 6.20 Å². The van der Waals surface area contributed by atoms with E-state index in [0.29, 0.717) is 11.5 Å². The Bertz CT molecular complexity index is 686. The van der Waals surface area contributed by atoms with Gasteiger partial charge in [0.25, 0.3) is 0 Å². The van der Waals surface area contributed by atoms with E-state index in [1.807, 2.05) is 13.0 Å². The molecule has 1 fully saturated rings. The fraction of sp³-hybridized carbons (Fsp3) is 0.462. The Morgan fingerprint density at radius 1 is 1.48 bits per heavy atom. The predicted molar refractivity (Wildman–Crippen MR) is 76.5 cm³/mol. The van der Waals surface area contributed by atoms with Crippen molar-refractivity contribution in [2.75, 3.05) is 23.7 Å². The van der Waals surface area contributed by atoms with Crippen molar-refractivity contribution >= 4 is 11.8 Å². The van der Waals surface area contributed by atoms with E-state index in [-0.39, 0.29) is 11.7 Å². The first-order valence-electron chi connectivity index (χ1n) is 6.84. The summed E-state index contributed by atoms with van der Waals surface area (Å²) in [6, 6.07) is 1.97. The van der Waals surface area contributed by atoms with Crippen LogP contribution in [0.5, 0.6) is 0 Å². The lowest BCUT2D eigenvalue weighted by Gasteiger charge is -2.31. The maximum absolute atomic E-state index is 8.87. The van der Waals surface area contributed by atoms with Gasteiger partial charge in [0.1, 0.15) is 23.3 Å². The van der Waals surface area contributed by atoms with Crippen LogP contribution in [-0.2, 0) is 0 Å². The predicted octanol–water partition coefficient (Wildman–Crippen LogP) is 0.741. The zero-order chi connectivity index (χ0) is 14.8. The Hall–Kier alpha value is -2.69. The lowest BCUT2D eigenvalue weighted by atomic mass is 9.98. The van der Waals surface area contributed by atoms with Gasteiger partial charge < -0.3 is 10.6 Å². The van der Waals surface area contributed by atoms with Gasteiger partial charge in [-0.3, -0.25) is 5.10 Å². The molecule has 0 unspecified atom stereocenters. The van der Waals surface area contributed by atoms with E-state index in [1.54, 1.807) is 0 Å². The summed E-state index contributed by atoms with van der Waals surface area (Å²) in [4.78, 5) is 14.9. The molecule has 0 amide bonds. The first-order valence-corrected chi connectivity index (χ1v) is 6.84. The minimum atomic E-state index is 0.221. The number of nitrogen functional groups attached to an aromatic ring is 1. The Morgan fingerprint density at radius 3 is 3.00 bits per heavy atom. The van der Waals surface area contributed by atoms with Gasteiger partial charge in [-0.1, -0.05) is 0 Å². The number of nitrogens with zero attached hydrogens (tertiary/aromatic N) is 6. The van der Waals surface area contributed by atoms with E-state index in [9.17, 15) is 0 Å². The van der Waals surface area contributed by atoms with E-state index < -0.39 is 0 Å². The molecule has 0 bridgehead atoms. The summed E-state index contributed by atoms with van der Waals surface area (Å²) < 4.78 is 0. The van der Waals surface area contributed by atoms with E-state index in [0.717, 1.165) is 37.6 Å². The molecule has 8 heteroatoms. The summed E-state index contributed by atoms with van der Waals surface area (Å²) in [5.74, 6) is 2.69. The molecule has 108 valence electrons. The molecule has 21 heavy (non-hydrogen) atoms. The van der Waals surface area contributed by atoms with Crippen molar-refractivity contribution in [1.82, 2.24) is 25.1 Å². The van der Waals surface area contributed by atoms with Crippen LogP contribution in [0.25, 0.3) is 0 Å². The molecule has 1 saturated heterocycles. The molecule has 1 aliphatic heterocycles. The number of piperidine rings is 1.